The number of carbonyl (C=O) groups is 1. The van der Waals surface area contributed by atoms with E-state index < -0.39 is 17.1 Å². The first kappa shape index (κ1) is 23.9. The minimum absolute atomic E-state index is 0.0976. The van der Waals surface area contributed by atoms with Crippen molar-refractivity contribution in [2.24, 2.45) is 11.8 Å². The summed E-state index contributed by atoms with van der Waals surface area (Å²) in [6.07, 6.45) is 3.76. The molecule has 0 amide bonds. The summed E-state index contributed by atoms with van der Waals surface area (Å²) in [5.74, 6) is 0.562. The molecule has 0 heterocycles. The molecule has 0 aromatic rings. The zero-order valence-electron chi connectivity index (χ0n) is 16.9. The monoisotopic (exact) mass is 378 g/mol. The third kappa shape index (κ3) is 8.35. The van der Waals surface area contributed by atoms with Crippen LogP contribution in [0.2, 0.25) is 25.2 Å². The van der Waals surface area contributed by atoms with Crippen LogP contribution in [0.15, 0.2) is 0 Å². The standard InChI is InChI=1S/C17H38O5Si2/c1-15(11-9-13-23(7,19-3)20-4)17(18)16(2)12-10-14-24(8,21-5)22-6/h15-16H,9-14H2,1-8H3. The highest BCUT2D eigenvalue weighted by Gasteiger charge is 2.30. The molecule has 24 heavy (non-hydrogen) atoms. The summed E-state index contributed by atoms with van der Waals surface area (Å²) in [6.45, 7) is 8.21. The average Bonchev–Trinajstić information content (AvgIpc) is 2.60. The fourth-order valence-corrected chi connectivity index (χ4v) is 5.65. The van der Waals surface area contributed by atoms with E-state index in [9.17, 15) is 4.79 Å². The Bertz CT molecular complexity index is 325. The van der Waals surface area contributed by atoms with Crippen LogP contribution in [0.3, 0.4) is 0 Å². The molecular formula is C17H38O5Si2. The van der Waals surface area contributed by atoms with Gasteiger partial charge in [0.15, 0.2) is 0 Å². The number of carbonyl (C=O) groups excluding carboxylic acids is 1. The number of rotatable bonds is 14. The molecule has 0 spiro atoms. The van der Waals surface area contributed by atoms with Crippen LogP contribution in [0.4, 0.5) is 0 Å². The van der Waals surface area contributed by atoms with Gasteiger partial charge in [-0.2, -0.15) is 0 Å². The molecule has 2 atom stereocenters. The predicted molar refractivity (Wildman–Crippen MR) is 103 cm³/mol. The third-order valence-corrected chi connectivity index (χ3v) is 11.2. The van der Waals surface area contributed by atoms with Crippen molar-refractivity contribution in [2.75, 3.05) is 28.4 Å². The lowest BCUT2D eigenvalue weighted by Gasteiger charge is -2.24. The van der Waals surface area contributed by atoms with E-state index in [1.165, 1.54) is 0 Å². The Balaban J connectivity index is 4.19. The molecule has 0 aliphatic rings. The van der Waals surface area contributed by atoms with Crippen molar-refractivity contribution in [1.29, 1.82) is 0 Å². The van der Waals surface area contributed by atoms with Gasteiger partial charge in [-0.25, -0.2) is 0 Å². The Morgan fingerprint density at radius 3 is 1.29 bits per heavy atom. The highest BCUT2D eigenvalue weighted by atomic mass is 28.4. The van der Waals surface area contributed by atoms with Crippen molar-refractivity contribution in [3.8, 4) is 0 Å². The van der Waals surface area contributed by atoms with Gasteiger partial charge in [0.25, 0.3) is 0 Å². The molecule has 0 bridgehead atoms. The van der Waals surface area contributed by atoms with Crippen LogP contribution in [-0.2, 0) is 22.5 Å². The second-order valence-corrected chi connectivity index (χ2v) is 14.2. The summed E-state index contributed by atoms with van der Waals surface area (Å²) in [6, 6.07) is 1.86. The molecule has 0 rings (SSSR count). The van der Waals surface area contributed by atoms with E-state index in [-0.39, 0.29) is 11.8 Å². The van der Waals surface area contributed by atoms with E-state index in [1.807, 2.05) is 13.8 Å². The first-order valence-corrected chi connectivity index (χ1v) is 14.0. The average molecular weight is 379 g/mol. The number of ketones is 1. The molecular weight excluding hydrogens is 340 g/mol. The third-order valence-electron chi connectivity index (χ3n) is 5.23. The van der Waals surface area contributed by atoms with Crippen LogP contribution in [0.1, 0.15) is 39.5 Å². The maximum absolute atomic E-state index is 12.5. The van der Waals surface area contributed by atoms with Gasteiger partial charge in [0.05, 0.1) is 0 Å². The molecule has 7 heteroatoms. The van der Waals surface area contributed by atoms with Gasteiger partial charge in [-0.15, -0.1) is 0 Å². The molecule has 0 saturated heterocycles. The van der Waals surface area contributed by atoms with E-state index in [0.29, 0.717) is 5.78 Å². The topological polar surface area (TPSA) is 54.0 Å². The molecule has 0 aliphatic carbocycles. The van der Waals surface area contributed by atoms with Crippen molar-refractivity contribution in [1.82, 2.24) is 0 Å². The quantitative estimate of drug-likeness (QED) is 0.426. The molecule has 0 aromatic heterocycles. The van der Waals surface area contributed by atoms with Crippen molar-refractivity contribution in [3.05, 3.63) is 0 Å². The minimum atomic E-state index is -2.01. The van der Waals surface area contributed by atoms with E-state index >= 15 is 0 Å². The van der Waals surface area contributed by atoms with Gasteiger partial charge in [-0.05, 0) is 38.0 Å². The molecule has 0 fully saturated rings. The maximum atomic E-state index is 12.5. The van der Waals surface area contributed by atoms with E-state index in [0.717, 1.165) is 37.8 Å². The highest BCUT2D eigenvalue weighted by Crippen LogP contribution is 2.23. The number of Topliss-reactive ketones (excluding diaryl/α,β-unsaturated/α-hetero) is 1. The fraction of sp³-hybridized carbons (Fsp3) is 0.941. The normalized spacial score (nSPS) is 15.3. The lowest BCUT2D eigenvalue weighted by molar-refractivity contribution is -0.126. The summed E-state index contributed by atoms with van der Waals surface area (Å²) >= 11 is 0. The summed E-state index contributed by atoms with van der Waals surface area (Å²) in [5.41, 5.74) is 0. The van der Waals surface area contributed by atoms with Crippen LogP contribution < -0.4 is 0 Å². The second kappa shape index (κ2) is 11.5. The van der Waals surface area contributed by atoms with Gasteiger partial charge in [-0.1, -0.05) is 26.7 Å². The van der Waals surface area contributed by atoms with Crippen molar-refractivity contribution in [2.45, 2.75) is 64.7 Å². The molecule has 5 nitrogen and oxygen atoms in total. The van der Waals surface area contributed by atoms with Crippen LogP contribution >= 0.6 is 0 Å². The molecule has 144 valence electrons. The van der Waals surface area contributed by atoms with Crippen molar-refractivity contribution in [3.63, 3.8) is 0 Å². The van der Waals surface area contributed by atoms with E-state index in [4.69, 9.17) is 17.7 Å². The molecule has 0 aliphatic heterocycles. The summed E-state index contributed by atoms with van der Waals surface area (Å²) in [5, 5.41) is 0. The largest absolute Gasteiger partial charge is 0.398 e. The summed E-state index contributed by atoms with van der Waals surface area (Å²) < 4.78 is 22.0. The fourth-order valence-electron chi connectivity index (χ4n) is 2.80. The van der Waals surface area contributed by atoms with E-state index in [2.05, 4.69) is 13.1 Å². The summed E-state index contributed by atoms with van der Waals surface area (Å²) in [7, 11) is 2.82. The van der Waals surface area contributed by atoms with Crippen LogP contribution in [0.5, 0.6) is 0 Å². The zero-order valence-corrected chi connectivity index (χ0v) is 18.9. The Morgan fingerprint density at radius 2 is 1.04 bits per heavy atom. The Labute approximate surface area is 150 Å². The van der Waals surface area contributed by atoms with Crippen molar-refractivity contribution >= 4 is 22.9 Å². The molecule has 0 radical (unpaired) electrons. The Morgan fingerprint density at radius 1 is 0.750 bits per heavy atom. The van der Waals surface area contributed by atoms with Gasteiger partial charge in [0.1, 0.15) is 5.78 Å². The molecule has 2 unspecified atom stereocenters. The summed E-state index contributed by atoms with van der Waals surface area (Å²) in [4.78, 5) is 12.5. The first-order chi connectivity index (χ1) is 11.2. The number of hydrogen-bond donors (Lipinski definition) is 0. The van der Waals surface area contributed by atoms with Gasteiger partial charge < -0.3 is 17.7 Å². The molecule has 0 saturated carbocycles. The smallest absolute Gasteiger partial charge is 0.334 e. The Hall–Kier alpha value is -0.0562. The Kier molecular flexibility index (Phi) is 11.5. The number of hydrogen-bond acceptors (Lipinski definition) is 5. The van der Waals surface area contributed by atoms with Gasteiger partial charge in [0.2, 0.25) is 0 Å². The van der Waals surface area contributed by atoms with Gasteiger partial charge in [-0.3, -0.25) is 4.79 Å². The van der Waals surface area contributed by atoms with Crippen LogP contribution in [0, 0.1) is 11.8 Å². The van der Waals surface area contributed by atoms with Crippen LogP contribution in [0.25, 0.3) is 0 Å². The lowest BCUT2D eigenvalue weighted by atomic mass is 9.89. The van der Waals surface area contributed by atoms with Gasteiger partial charge >= 0.3 is 17.1 Å². The lowest BCUT2D eigenvalue weighted by Crippen LogP contribution is -2.36. The maximum Gasteiger partial charge on any atom is 0.334 e. The highest BCUT2D eigenvalue weighted by molar-refractivity contribution is 6.66. The minimum Gasteiger partial charge on any atom is -0.398 e. The SMILES string of the molecule is CO[Si](C)(CCCC(C)C(=O)C(C)CCC[Si](C)(OC)OC)OC. The zero-order chi connectivity index (χ0) is 18.8. The van der Waals surface area contributed by atoms with Crippen LogP contribution in [-0.4, -0.2) is 51.3 Å². The van der Waals surface area contributed by atoms with Crippen molar-refractivity contribution < 1.29 is 22.5 Å². The van der Waals surface area contributed by atoms with E-state index in [1.54, 1.807) is 28.4 Å². The second-order valence-electron chi connectivity index (χ2n) is 7.07. The molecule has 0 N–H and O–H groups in total. The first-order valence-electron chi connectivity index (χ1n) is 8.91. The molecule has 0 aromatic carbocycles. The predicted octanol–water partition coefficient (Wildman–Crippen LogP) is 4.12. The van der Waals surface area contributed by atoms with Gasteiger partial charge in [0, 0.05) is 40.3 Å².